The van der Waals surface area contributed by atoms with Gasteiger partial charge in [0.1, 0.15) is 0 Å². The van der Waals surface area contributed by atoms with Crippen molar-refractivity contribution in [3.63, 3.8) is 0 Å². The lowest BCUT2D eigenvalue weighted by atomic mass is 9.79. The molecule has 1 aliphatic heterocycles. The van der Waals surface area contributed by atoms with Crippen molar-refractivity contribution in [3.05, 3.63) is 35.4 Å². The Bertz CT molecular complexity index is 496. The summed E-state index contributed by atoms with van der Waals surface area (Å²) in [4.78, 5) is 14.7. The average molecular weight is 305 g/mol. The number of amides is 1. The number of nitrogens with one attached hydrogen (secondary N) is 1. The summed E-state index contributed by atoms with van der Waals surface area (Å²) in [6.07, 6.45) is 1.41. The number of carbonyl (C=O) groups is 1. The molecule has 0 spiro atoms. The Morgan fingerprint density at radius 3 is 2.50 bits per heavy atom. The third kappa shape index (κ3) is 4.06. The maximum atomic E-state index is 12.6. The van der Waals surface area contributed by atoms with Gasteiger partial charge in [-0.1, -0.05) is 24.3 Å². The summed E-state index contributed by atoms with van der Waals surface area (Å²) in [5.41, 5.74) is 7.81. The SMILES string of the molecule is CN(C)Cc1ccccc1CNC(=O)C1(CN)CCOCC1. The normalized spacial score (nSPS) is 17.5. The van der Waals surface area contributed by atoms with Crippen molar-refractivity contribution in [2.75, 3.05) is 33.9 Å². The third-order valence-electron chi connectivity index (χ3n) is 4.37. The number of carbonyl (C=O) groups excluding carboxylic acids is 1. The van der Waals surface area contributed by atoms with Gasteiger partial charge in [-0.3, -0.25) is 4.79 Å². The first kappa shape index (κ1) is 16.9. The maximum absolute atomic E-state index is 12.6. The number of nitrogens with zero attached hydrogens (tertiary/aromatic N) is 1. The van der Waals surface area contributed by atoms with Crippen LogP contribution >= 0.6 is 0 Å². The molecule has 0 aromatic heterocycles. The second-order valence-electron chi connectivity index (χ2n) is 6.29. The van der Waals surface area contributed by atoms with E-state index in [0.29, 0.717) is 39.1 Å². The highest BCUT2D eigenvalue weighted by molar-refractivity contribution is 5.83. The quantitative estimate of drug-likeness (QED) is 0.826. The Morgan fingerprint density at radius 2 is 1.91 bits per heavy atom. The van der Waals surface area contributed by atoms with Gasteiger partial charge in [-0.05, 0) is 38.1 Å². The predicted octanol–water partition coefficient (Wildman–Crippen LogP) is 1.12. The van der Waals surface area contributed by atoms with E-state index in [9.17, 15) is 4.79 Å². The minimum absolute atomic E-state index is 0.0537. The predicted molar refractivity (Wildman–Crippen MR) is 87.2 cm³/mol. The van der Waals surface area contributed by atoms with Crippen LogP contribution in [-0.2, 0) is 22.6 Å². The molecule has 1 aliphatic rings. The molecule has 1 fully saturated rings. The zero-order valence-electron chi connectivity index (χ0n) is 13.6. The Balaban J connectivity index is 2.01. The molecule has 122 valence electrons. The lowest BCUT2D eigenvalue weighted by Crippen LogP contribution is -2.49. The summed E-state index contributed by atoms with van der Waals surface area (Å²) in [7, 11) is 4.08. The number of ether oxygens (including phenoxy) is 1. The van der Waals surface area contributed by atoms with E-state index >= 15 is 0 Å². The maximum Gasteiger partial charge on any atom is 0.227 e. The smallest absolute Gasteiger partial charge is 0.227 e. The minimum Gasteiger partial charge on any atom is -0.381 e. The van der Waals surface area contributed by atoms with Crippen molar-refractivity contribution in [1.82, 2.24) is 10.2 Å². The Labute approximate surface area is 132 Å². The number of benzene rings is 1. The average Bonchev–Trinajstić information content (AvgIpc) is 2.54. The van der Waals surface area contributed by atoms with Gasteiger partial charge in [-0.15, -0.1) is 0 Å². The van der Waals surface area contributed by atoms with E-state index in [-0.39, 0.29) is 5.91 Å². The van der Waals surface area contributed by atoms with E-state index in [2.05, 4.69) is 22.3 Å². The first-order chi connectivity index (χ1) is 10.6. The van der Waals surface area contributed by atoms with Crippen LogP contribution in [-0.4, -0.2) is 44.7 Å². The molecule has 1 saturated heterocycles. The highest BCUT2D eigenvalue weighted by Gasteiger charge is 2.38. The zero-order chi connectivity index (χ0) is 16.0. The summed E-state index contributed by atoms with van der Waals surface area (Å²) in [5.74, 6) is 0.0537. The Kier molecular flexibility index (Phi) is 5.94. The van der Waals surface area contributed by atoms with Crippen LogP contribution < -0.4 is 11.1 Å². The van der Waals surface area contributed by atoms with Crippen molar-refractivity contribution in [2.45, 2.75) is 25.9 Å². The van der Waals surface area contributed by atoms with Gasteiger partial charge in [0, 0.05) is 32.8 Å². The van der Waals surface area contributed by atoms with Crippen LogP contribution in [0.15, 0.2) is 24.3 Å². The van der Waals surface area contributed by atoms with Crippen LogP contribution in [0.1, 0.15) is 24.0 Å². The molecule has 0 saturated carbocycles. The number of hydrogen-bond donors (Lipinski definition) is 2. The molecule has 5 heteroatoms. The second kappa shape index (κ2) is 7.72. The number of rotatable bonds is 6. The molecule has 0 atom stereocenters. The first-order valence-corrected chi connectivity index (χ1v) is 7.85. The second-order valence-corrected chi connectivity index (χ2v) is 6.29. The van der Waals surface area contributed by atoms with Crippen molar-refractivity contribution in [3.8, 4) is 0 Å². The zero-order valence-corrected chi connectivity index (χ0v) is 13.6. The van der Waals surface area contributed by atoms with E-state index in [1.807, 2.05) is 26.2 Å². The fourth-order valence-electron chi connectivity index (χ4n) is 2.87. The molecule has 1 heterocycles. The summed E-state index contributed by atoms with van der Waals surface area (Å²) in [5, 5.41) is 3.08. The topological polar surface area (TPSA) is 67.6 Å². The van der Waals surface area contributed by atoms with E-state index in [1.165, 1.54) is 5.56 Å². The molecule has 5 nitrogen and oxygen atoms in total. The molecular formula is C17H27N3O2. The number of hydrogen-bond acceptors (Lipinski definition) is 4. The fraction of sp³-hybridized carbons (Fsp3) is 0.588. The van der Waals surface area contributed by atoms with Gasteiger partial charge in [-0.2, -0.15) is 0 Å². The highest BCUT2D eigenvalue weighted by atomic mass is 16.5. The molecular weight excluding hydrogens is 278 g/mol. The van der Waals surface area contributed by atoms with Crippen molar-refractivity contribution >= 4 is 5.91 Å². The van der Waals surface area contributed by atoms with E-state index < -0.39 is 5.41 Å². The van der Waals surface area contributed by atoms with Gasteiger partial charge in [0.05, 0.1) is 5.41 Å². The van der Waals surface area contributed by atoms with Crippen LogP contribution in [0.5, 0.6) is 0 Å². The van der Waals surface area contributed by atoms with Crippen LogP contribution in [0.25, 0.3) is 0 Å². The molecule has 2 rings (SSSR count). The van der Waals surface area contributed by atoms with E-state index in [1.54, 1.807) is 0 Å². The van der Waals surface area contributed by atoms with Gasteiger partial charge in [0.2, 0.25) is 5.91 Å². The van der Waals surface area contributed by atoms with E-state index in [0.717, 1.165) is 12.1 Å². The standard InChI is InChI=1S/C17H27N3O2/c1-20(2)12-15-6-4-3-5-14(15)11-19-16(21)17(13-18)7-9-22-10-8-17/h3-6H,7-13,18H2,1-2H3,(H,19,21). The van der Waals surface area contributed by atoms with Gasteiger partial charge in [0.15, 0.2) is 0 Å². The van der Waals surface area contributed by atoms with E-state index in [4.69, 9.17) is 10.5 Å². The van der Waals surface area contributed by atoms with Crippen molar-refractivity contribution < 1.29 is 9.53 Å². The molecule has 1 aromatic carbocycles. The lowest BCUT2D eigenvalue weighted by Gasteiger charge is -2.34. The molecule has 1 aromatic rings. The number of nitrogens with two attached hydrogens (primary N) is 1. The van der Waals surface area contributed by atoms with Crippen molar-refractivity contribution in [1.29, 1.82) is 0 Å². The first-order valence-electron chi connectivity index (χ1n) is 7.85. The van der Waals surface area contributed by atoms with Crippen LogP contribution in [0.4, 0.5) is 0 Å². The monoisotopic (exact) mass is 305 g/mol. The van der Waals surface area contributed by atoms with Crippen LogP contribution in [0.3, 0.4) is 0 Å². The molecule has 22 heavy (non-hydrogen) atoms. The van der Waals surface area contributed by atoms with Crippen LogP contribution in [0, 0.1) is 5.41 Å². The Hall–Kier alpha value is -1.43. The summed E-state index contributed by atoms with van der Waals surface area (Å²) < 4.78 is 5.36. The van der Waals surface area contributed by atoms with Gasteiger partial charge in [0.25, 0.3) is 0 Å². The van der Waals surface area contributed by atoms with Gasteiger partial charge < -0.3 is 20.7 Å². The fourth-order valence-corrected chi connectivity index (χ4v) is 2.87. The van der Waals surface area contributed by atoms with Crippen molar-refractivity contribution in [2.24, 2.45) is 11.1 Å². The summed E-state index contributed by atoms with van der Waals surface area (Å²) >= 11 is 0. The highest BCUT2D eigenvalue weighted by Crippen LogP contribution is 2.29. The van der Waals surface area contributed by atoms with Crippen LogP contribution in [0.2, 0.25) is 0 Å². The minimum atomic E-state index is -0.464. The molecule has 0 unspecified atom stereocenters. The molecule has 0 bridgehead atoms. The van der Waals surface area contributed by atoms with Gasteiger partial charge in [-0.25, -0.2) is 0 Å². The lowest BCUT2D eigenvalue weighted by molar-refractivity contribution is -0.136. The third-order valence-corrected chi connectivity index (χ3v) is 4.37. The summed E-state index contributed by atoms with van der Waals surface area (Å²) in [6, 6.07) is 8.21. The summed E-state index contributed by atoms with van der Waals surface area (Å²) in [6.45, 7) is 3.01. The Morgan fingerprint density at radius 1 is 1.27 bits per heavy atom. The largest absolute Gasteiger partial charge is 0.381 e. The molecule has 1 amide bonds. The molecule has 3 N–H and O–H groups in total. The molecule has 0 radical (unpaired) electrons. The molecule has 0 aliphatic carbocycles. The van der Waals surface area contributed by atoms with Gasteiger partial charge >= 0.3 is 0 Å².